The Kier molecular flexibility index (Phi) is 7.21. The molecular formula is C30H31NO2. The number of fused-ring (bicyclic) bond motifs is 1. The van der Waals surface area contributed by atoms with Gasteiger partial charge in [-0.15, -0.1) is 0 Å². The highest BCUT2D eigenvalue weighted by Gasteiger charge is 2.12. The molecule has 0 spiro atoms. The fourth-order valence-electron chi connectivity index (χ4n) is 4.39. The minimum absolute atomic E-state index is 0.317. The zero-order valence-electron chi connectivity index (χ0n) is 19.7. The molecule has 4 aromatic carbocycles. The van der Waals surface area contributed by atoms with Crippen molar-refractivity contribution in [1.29, 1.82) is 0 Å². The molecule has 0 saturated carbocycles. The van der Waals surface area contributed by atoms with Crippen molar-refractivity contribution in [2.75, 3.05) is 14.2 Å². The number of hydrogen-bond acceptors (Lipinski definition) is 3. The number of esters is 1. The van der Waals surface area contributed by atoms with Crippen molar-refractivity contribution in [2.24, 2.45) is 0 Å². The molecule has 0 radical (unpaired) electrons. The number of ether oxygens (including phenoxy) is 1. The van der Waals surface area contributed by atoms with Crippen LogP contribution in [0.25, 0.3) is 33.0 Å². The Bertz CT molecular complexity index is 1260. The Morgan fingerprint density at radius 3 is 2.39 bits per heavy atom. The molecule has 0 aliphatic heterocycles. The second-order valence-corrected chi connectivity index (χ2v) is 8.44. The topological polar surface area (TPSA) is 38.3 Å². The van der Waals surface area contributed by atoms with Gasteiger partial charge in [0.05, 0.1) is 12.7 Å². The summed E-state index contributed by atoms with van der Waals surface area (Å²) in [5.41, 5.74) is 7.77. The Hall–Kier alpha value is -3.43. The second-order valence-electron chi connectivity index (χ2n) is 8.44. The summed E-state index contributed by atoms with van der Waals surface area (Å²) >= 11 is 0. The van der Waals surface area contributed by atoms with E-state index in [0.29, 0.717) is 12.1 Å². The molecule has 0 aliphatic rings. The summed E-state index contributed by atoms with van der Waals surface area (Å²) in [6, 6.07) is 27.9. The molecule has 3 nitrogen and oxygen atoms in total. The van der Waals surface area contributed by atoms with Crippen LogP contribution in [0.2, 0.25) is 0 Å². The normalized spacial score (nSPS) is 11.0. The van der Waals surface area contributed by atoms with Crippen molar-refractivity contribution in [3.8, 4) is 22.3 Å². The van der Waals surface area contributed by atoms with E-state index in [1.54, 1.807) is 0 Å². The van der Waals surface area contributed by atoms with E-state index in [1.807, 2.05) is 25.2 Å². The van der Waals surface area contributed by atoms with Gasteiger partial charge in [0.15, 0.2) is 0 Å². The summed E-state index contributed by atoms with van der Waals surface area (Å²) < 4.78 is 4.90. The molecule has 0 atom stereocenters. The summed E-state index contributed by atoms with van der Waals surface area (Å²) in [6.45, 7) is 2.90. The molecule has 4 rings (SSSR count). The first-order chi connectivity index (χ1) is 16.1. The number of aryl methyl sites for hydroxylation is 1. The molecule has 0 amide bonds. The number of nitrogens with one attached hydrogen (secondary N) is 1. The third kappa shape index (κ3) is 4.99. The van der Waals surface area contributed by atoms with E-state index in [-0.39, 0.29) is 5.97 Å². The first-order valence-electron chi connectivity index (χ1n) is 11.6. The largest absolute Gasteiger partial charge is 0.465 e. The molecule has 1 N–H and O–H groups in total. The highest BCUT2D eigenvalue weighted by atomic mass is 16.5. The molecule has 33 heavy (non-hydrogen) atoms. The summed E-state index contributed by atoms with van der Waals surface area (Å²) in [5.74, 6) is -0.317. The maximum Gasteiger partial charge on any atom is 0.337 e. The molecule has 0 aliphatic carbocycles. The minimum atomic E-state index is -0.317. The number of hydrogen-bond donors (Lipinski definition) is 1. The number of carbonyl (C=O) groups excluding carboxylic acids is 1. The maximum atomic E-state index is 12.0. The molecule has 3 heteroatoms. The smallest absolute Gasteiger partial charge is 0.337 e. The van der Waals surface area contributed by atoms with Gasteiger partial charge >= 0.3 is 5.97 Å². The van der Waals surface area contributed by atoms with Crippen molar-refractivity contribution >= 4 is 16.7 Å². The number of unbranched alkanes of at least 4 members (excludes halogenated alkanes) is 1. The van der Waals surface area contributed by atoms with Gasteiger partial charge in [0.25, 0.3) is 0 Å². The lowest BCUT2D eigenvalue weighted by atomic mass is 9.92. The van der Waals surface area contributed by atoms with Crippen LogP contribution in [0, 0.1) is 0 Å². The van der Waals surface area contributed by atoms with Crippen molar-refractivity contribution in [3.05, 3.63) is 95.6 Å². The Morgan fingerprint density at radius 2 is 1.67 bits per heavy atom. The molecule has 0 saturated heterocycles. The Labute approximate surface area is 196 Å². The quantitative estimate of drug-likeness (QED) is 0.301. The fraction of sp³-hybridized carbons (Fsp3) is 0.233. The zero-order valence-corrected chi connectivity index (χ0v) is 19.7. The van der Waals surface area contributed by atoms with Crippen molar-refractivity contribution in [3.63, 3.8) is 0 Å². The third-order valence-electron chi connectivity index (χ3n) is 6.17. The number of rotatable bonds is 8. The van der Waals surface area contributed by atoms with Gasteiger partial charge in [-0.05, 0) is 82.2 Å². The van der Waals surface area contributed by atoms with Crippen LogP contribution in [0.4, 0.5) is 0 Å². The Balaban J connectivity index is 1.72. The van der Waals surface area contributed by atoms with Crippen LogP contribution in [0.1, 0.15) is 41.3 Å². The molecule has 0 aromatic heterocycles. The first kappa shape index (κ1) is 22.8. The highest BCUT2D eigenvalue weighted by Crippen LogP contribution is 2.33. The third-order valence-corrected chi connectivity index (χ3v) is 6.17. The lowest BCUT2D eigenvalue weighted by Gasteiger charge is -2.14. The van der Waals surface area contributed by atoms with Crippen molar-refractivity contribution in [2.45, 2.75) is 32.7 Å². The van der Waals surface area contributed by atoms with Crippen molar-refractivity contribution < 1.29 is 9.53 Å². The van der Waals surface area contributed by atoms with Gasteiger partial charge in [-0.25, -0.2) is 4.79 Å². The second kappa shape index (κ2) is 10.5. The van der Waals surface area contributed by atoms with Gasteiger partial charge < -0.3 is 10.1 Å². The molecule has 168 valence electrons. The highest BCUT2D eigenvalue weighted by molar-refractivity contribution is 5.99. The maximum absolute atomic E-state index is 12.0. The van der Waals surface area contributed by atoms with Gasteiger partial charge in [0.1, 0.15) is 0 Å². The van der Waals surface area contributed by atoms with Crippen LogP contribution in [0.3, 0.4) is 0 Å². The number of carbonyl (C=O) groups is 1. The minimum Gasteiger partial charge on any atom is -0.465 e. The fourth-order valence-corrected chi connectivity index (χ4v) is 4.39. The predicted octanol–water partition coefficient (Wildman–Crippen LogP) is 7.02. The first-order valence-corrected chi connectivity index (χ1v) is 11.6. The van der Waals surface area contributed by atoms with Gasteiger partial charge in [-0.2, -0.15) is 0 Å². The average molecular weight is 438 g/mol. The van der Waals surface area contributed by atoms with E-state index in [1.165, 1.54) is 47.4 Å². The molecular weight excluding hydrogens is 406 g/mol. The Morgan fingerprint density at radius 1 is 0.879 bits per heavy atom. The SMILES string of the molecule is CCCCc1ccc(-c2cccc3cc(-c4ccc(C(=O)OC)cc4CNC)ccc23)cc1. The summed E-state index contributed by atoms with van der Waals surface area (Å²) in [7, 11) is 3.32. The van der Waals surface area contributed by atoms with Gasteiger partial charge in [-0.3, -0.25) is 0 Å². The van der Waals surface area contributed by atoms with Gasteiger partial charge in [0.2, 0.25) is 0 Å². The van der Waals surface area contributed by atoms with E-state index in [9.17, 15) is 4.79 Å². The van der Waals surface area contributed by atoms with E-state index in [0.717, 1.165) is 23.1 Å². The van der Waals surface area contributed by atoms with Gasteiger partial charge in [0, 0.05) is 6.54 Å². The lowest BCUT2D eigenvalue weighted by molar-refractivity contribution is 0.0600. The van der Waals surface area contributed by atoms with Crippen LogP contribution in [0.15, 0.2) is 78.9 Å². The van der Waals surface area contributed by atoms with E-state index >= 15 is 0 Å². The summed E-state index contributed by atoms with van der Waals surface area (Å²) in [5, 5.41) is 5.65. The van der Waals surface area contributed by atoms with Crippen LogP contribution >= 0.6 is 0 Å². The van der Waals surface area contributed by atoms with Crippen LogP contribution in [-0.4, -0.2) is 20.1 Å². The summed E-state index contributed by atoms with van der Waals surface area (Å²) in [6.07, 6.45) is 3.58. The van der Waals surface area contributed by atoms with E-state index in [4.69, 9.17) is 4.74 Å². The molecule has 0 unspecified atom stereocenters. The lowest BCUT2D eigenvalue weighted by Crippen LogP contribution is -2.09. The standard InChI is InChI=1S/C30H31NO2/c1-4-5-7-21-10-12-22(13-11-21)28-9-6-8-23-18-24(14-17-29(23)28)27-16-15-25(30(32)33-3)19-26(27)20-31-2/h6,8-19,31H,4-5,7,20H2,1-3H3. The molecule has 0 fully saturated rings. The van der Waals surface area contributed by atoms with Crippen molar-refractivity contribution in [1.82, 2.24) is 5.32 Å². The number of benzene rings is 4. The van der Waals surface area contributed by atoms with Crippen LogP contribution < -0.4 is 5.32 Å². The number of methoxy groups -OCH3 is 1. The van der Waals surface area contributed by atoms with Crippen LogP contribution in [-0.2, 0) is 17.7 Å². The zero-order chi connectivity index (χ0) is 23.2. The monoisotopic (exact) mass is 437 g/mol. The average Bonchev–Trinajstić information content (AvgIpc) is 2.86. The van der Waals surface area contributed by atoms with Gasteiger partial charge in [-0.1, -0.05) is 74.0 Å². The molecule has 0 bridgehead atoms. The van der Waals surface area contributed by atoms with E-state index in [2.05, 4.69) is 72.9 Å². The summed E-state index contributed by atoms with van der Waals surface area (Å²) in [4.78, 5) is 12.0. The van der Waals surface area contributed by atoms with Crippen LogP contribution in [0.5, 0.6) is 0 Å². The molecule has 0 heterocycles. The molecule has 4 aromatic rings. The predicted molar refractivity (Wildman–Crippen MR) is 138 cm³/mol. The van der Waals surface area contributed by atoms with E-state index < -0.39 is 0 Å².